The van der Waals surface area contributed by atoms with Gasteiger partial charge in [-0.05, 0) is 20.8 Å². The SMILES string of the molecule is C=Cn1cc(CNCC(F)(F)CNC(=O)OC(C)(C)C)cn1. The van der Waals surface area contributed by atoms with E-state index in [4.69, 9.17) is 4.74 Å². The summed E-state index contributed by atoms with van der Waals surface area (Å²) in [6, 6.07) is 0. The van der Waals surface area contributed by atoms with Gasteiger partial charge in [-0.15, -0.1) is 0 Å². The number of nitrogens with zero attached hydrogens (tertiary/aromatic N) is 2. The van der Waals surface area contributed by atoms with Crippen molar-refractivity contribution in [3.8, 4) is 0 Å². The van der Waals surface area contributed by atoms with Crippen molar-refractivity contribution in [2.45, 2.75) is 38.8 Å². The van der Waals surface area contributed by atoms with E-state index in [9.17, 15) is 13.6 Å². The largest absolute Gasteiger partial charge is 0.444 e. The second kappa shape index (κ2) is 7.35. The number of ether oxygens (including phenoxy) is 1. The quantitative estimate of drug-likeness (QED) is 0.809. The van der Waals surface area contributed by atoms with Gasteiger partial charge in [-0.3, -0.25) is 0 Å². The number of carbonyl (C=O) groups is 1. The van der Waals surface area contributed by atoms with Gasteiger partial charge >= 0.3 is 6.09 Å². The lowest BCUT2D eigenvalue weighted by atomic mass is 10.2. The van der Waals surface area contributed by atoms with Crippen LogP contribution in [0.3, 0.4) is 0 Å². The molecule has 0 bridgehead atoms. The average Bonchev–Trinajstić information content (AvgIpc) is 2.82. The van der Waals surface area contributed by atoms with Crippen LogP contribution in [0.25, 0.3) is 6.20 Å². The van der Waals surface area contributed by atoms with Gasteiger partial charge in [0.15, 0.2) is 0 Å². The Balaban J connectivity index is 2.31. The van der Waals surface area contributed by atoms with Gasteiger partial charge < -0.3 is 15.4 Å². The molecule has 22 heavy (non-hydrogen) atoms. The van der Waals surface area contributed by atoms with Crippen LogP contribution in [0.2, 0.25) is 0 Å². The summed E-state index contributed by atoms with van der Waals surface area (Å²) in [6.07, 6.45) is 3.88. The van der Waals surface area contributed by atoms with Crippen molar-refractivity contribution in [1.29, 1.82) is 0 Å². The van der Waals surface area contributed by atoms with E-state index < -0.39 is 30.7 Å². The van der Waals surface area contributed by atoms with Crippen LogP contribution in [0.15, 0.2) is 19.0 Å². The number of amides is 1. The molecular formula is C14H22F2N4O2. The molecular weight excluding hydrogens is 294 g/mol. The van der Waals surface area contributed by atoms with Gasteiger partial charge in [0.2, 0.25) is 0 Å². The highest BCUT2D eigenvalue weighted by Gasteiger charge is 2.30. The summed E-state index contributed by atoms with van der Waals surface area (Å²) in [5, 5.41) is 8.62. The minimum atomic E-state index is -3.08. The lowest BCUT2D eigenvalue weighted by molar-refractivity contribution is -0.00376. The van der Waals surface area contributed by atoms with Crippen LogP contribution in [0.5, 0.6) is 0 Å². The minimum Gasteiger partial charge on any atom is -0.444 e. The first kappa shape index (κ1) is 18.1. The first-order chi connectivity index (χ1) is 10.1. The van der Waals surface area contributed by atoms with E-state index in [1.54, 1.807) is 33.2 Å². The molecule has 0 aliphatic heterocycles. The van der Waals surface area contributed by atoms with Gasteiger partial charge in [0.1, 0.15) is 5.60 Å². The predicted molar refractivity (Wildman–Crippen MR) is 79.5 cm³/mol. The number of alkyl carbamates (subject to hydrolysis) is 1. The van der Waals surface area contributed by atoms with E-state index in [1.807, 2.05) is 0 Å². The summed E-state index contributed by atoms with van der Waals surface area (Å²) < 4.78 is 33.6. The van der Waals surface area contributed by atoms with E-state index in [0.29, 0.717) is 0 Å². The lowest BCUT2D eigenvalue weighted by Gasteiger charge is -2.22. The summed E-state index contributed by atoms with van der Waals surface area (Å²) in [5.41, 5.74) is 0.0407. The van der Waals surface area contributed by atoms with E-state index in [1.165, 1.54) is 10.9 Å². The molecule has 1 aromatic rings. The Bertz CT molecular complexity index is 509. The van der Waals surface area contributed by atoms with Crippen LogP contribution in [0.1, 0.15) is 26.3 Å². The van der Waals surface area contributed by atoms with E-state index >= 15 is 0 Å². The monoisotopic (exact) mass is 316 g/mol. The van der Waals surface area contributed by atoms with Crippen molar-refractivity contribution in [1.82, 2.24) is 20.4 Å². The number of rotatable bonds is 7. The minimum absolute atomic E-state index is 0.246. The van der Waals surface area contributed by atoms with Crippen molar-refractivity contribution in [3.63, 3.8) is 0 Å². The molecule has 0 atom stereocenters. The molecule has 0 saturated heterocycles. The molecule has 0 aromatic carbocycles. The van der Waals surface area contributed by atoms with Crippen molar-refractivity contribution in [3.05, 3.63) is 24.5 Å². The van der Waals surface area contributed by atoms with Crippen LogP contribution >= 0.6 is 0 Å². The predicted octanol–water partition coefficient (Wildman–Crippen LogP) is 2.23. The van der Waals surface area contributed by atoms with Gasteiger partial charge in [-0.2, -0.15) is 5.10 Å². The fraction of sp³-hybridized carbons (Fsp3) is 0.571. The molecule has 1 heterocycles. The third kappa shape index (κ3) is 7.16. The van der Waals surface area contributed by atoms with Crippen molar-refractivity contribution < 1.29 is 18.3 Å². The molecule has 0 fully saturated rings. The van der Waals surface area contributed by atoms with Gasteiger partial charge in [-0.1, -0.05) is 6.58 Å². The maximum Gasteiger partial charge on any atom is 0.407 e. The summed E-state index contributed by atoms with van der Waals surface area (Å²) >= 11 is 0. The Morgan fingerprint density at radius 2 is 2.14 bits per heavy atom. The standard InChI is InChI=1S/C14H22F2N4O2/c1-5-20-8-11(7-19-20)6-17-9-14(15,16)10-18-12(21)22-13(2,3)4/h5,7-8,17H,1,6,9-10H2,2-4H3,(H,18,21). The van der Waals surface area contributed by atoms with Gasteiger partial charge in [0, 0.05) is 24.5 Å². The molecule has 0 aliphatic carbocycles. The Morgan fingerprint density at radius 1 is 1.45 bits per heavy atom. The highest BCUT2D eigenvalue weighted by Crippen LogP contribution is 2.12. The van der Waals surface area contributed by atoms with Gasteiger partial charge in [0.05, 0.1) is 19.3 Å². The molecule has 6 nitrogen and oxygen atoms in total. The fourth-order valence-corrected chi connectivity index (χ4v) is 1.54. The zero-order valence-corrected chi connectivity index (χ0v) is 13.0. The molecule has 0 aliphatic rings. The van der Waals surface area contributed by atoms with E-state index in [-0.39, 0.29) is 6.54 Å². The third-order valence-electron chi connectivity index (χ3n) is 2.45. The molecule has 1 amide bonds. The van der Waals surface area contributed by atoms with Crippen LogP contribution in [-0.4, -0.2) is 40.5 Å². The van der Waals surface area contributed by atoms with Crippen LogP contribution in [0.4, 0.5) is 13.6 Å². The molecule has 8 heteroatoms. The van der Waals surface area contributed by atoms with Crippen LogP contribution in [0, 0.1) is 0 Å². The zero-order valence-electron chi connectivity index (χ0n) is 13.0. The van der Waals surface area contributed by atoms with E-state index in [0.717, 1.165) is 5.56 Å². The molecule has 0 saturated carbocycles. The Labute approximate surface area is 128 Å². The number of alkyl halides is 2. The number of nitrogens with one attached hydrogen (secondary N) is 2. The Morgan fingerprint density at radius 3 is 2.68 bits per heavy atom. The van der Waals surface area contributed by atoms with Crippen molar-refractivity contribution in [2.75, 3.05) is 13.1 Å². The number of hydrogen-bond acceptors (Lipinski definition) is 4. The normalized spacial score (nSPS) is 12.0. The van der Waals surface area contributed by atoms with Gasteiger partial charge in [-0.25, -0.2) is 18.3 Å². The van der Waals surface area contributed by atoms with Crippen molar-refractivity contribution in [2.24, 2.45) is 0 Å². The van der Waals surface area contributed by atoms with Crippen LogP contribution in [-0.2, 0) is 11.3 Å². The molecule has 2 N–H and O–H groups in total. The molecule has 124 valence electrons. The molecule has 0 unspecified atom stereocenters. The summed E-state index contributed by atoms with van der Waals surface area (Å²) in [4.78, 5) is 11.3. The lowest BCUT2D eigenvalue weighted by Crippen LogP contribution is -2.44. The molecule has 1 aromatic heterocycles. The number of hydrogen-bond donors (Lipinski definition) is 2. The number of carbonyl (C=O) groups excluding carboxylic acids is 1. The van der Waals surface area contributed by atoms with Crippen molar-refractivity contribution >= 4 is 12.3 Å². The zero-order chi connectivity index (χ0) is 16.8. The first-order valence-electron chi connectivity index (χ1n) is 6.82. The second-order valence-electron chi connectivity index (χ2n) is 5.83. The maximum atomic E-state index is 13.6. The summed E-state index contributed by atoms with van der Waals surface area (Å²) in [7, 11) is 0. The molecule has 0 spiro atoms. The number of halogens is 2. The van der Waals surface area contributed by atoms with Gasteiger partial charge in [0.25, 0.3) is 5.92 Å². The summed E-state index contributed by atoms with van der Waals surface area (Å²) in [5.74, 6) is -3.08. The summed E-state index contributed by atoms with van der Waals surface area (Å²) in [6.45, 7) is 7.41. The fourth-order valence-electron chi connectivity index (χ4n) is 1.54. The second-order valence-corrected chi connectivity index (χ2v) is 5.83. The molecule has 1 rings (SSSR count). The maximum absolute atomic E-state index is 13.6. The topological polar surface area (TPSA) is 68.2 Å². The average molecular weight is 316 g/mol. The smallest absolute Gasteiger partial charge is 0.407 e. The highest BCUT2D eigenvalue weighted by molar-refractivity contribution is 5.67. The molecule has 0 radical (unpaired) electrons. The highest BCUT2D eigenvalue weighted by atomic mass is 19.3. The Kier molecular flexibility index (Phi) is 6.04. The first-order valence-corrected chi connectivity index (χ1v) is 6.82. The number of aromatic nitrogens is 2. The van der Waals surface area contributed by atoms with Crippen LogP contribution < -0.4 is 10.6 Å². The Hall–Kier alpha value is -1.96. The third-order valence-corrected chi connectivity index (χ3v) is 2.45. The van der Waals surface area contributed by atoms with E-state index in [2.05, 4.69) is 22.3 Å².